The lowest BCUT2D eigenvalue weighted by atomic mass is 10.0. The monoisotopic (exact) mass is 156 g/mol. The molecule has 66 valence electrons. The van der Waals surface area contributed by atoms with Crippen LogP contribution in [0.15, 0.2) is 0 Å². The smallest absolute Gasteiger partial charge is 0.0119 e. The van der Waals surface area contributed by atoms with E-state index in [-0.39, 0.29) is 0 Å². The van der Waals surface area contributed by atoms with Crippen LogP contribution in [0.25, 0.3) is 0 Å². The van der Waals surface area contributed by atoms with Gasteiger partial charge in [0.2, 0.25) is 0 Å². The van der Waals surface area contributed by atoms with Crippen molar-refractivity contribution in [3.63, 3.8) is 0 Å². The first kappa shape index (κ1) is 9.01. The number of hydrogen-bond acceptors (Lipinski definition) is 2. The Kier molecular flexibility index (Phi) is 3.34. The van der Waals surface area contributed by atoms with Gasteiger partial charge >= 0.3 is 0 Å². The highest BCUT2D eigenvalue weighted by Gasteiger charge is 2.25. The Labute approximate surface area is 69.8 Å². The summed E-state index contributed by atoms with van der Waals surface area (Å²) in [6.07, 6.45) is 2.74. The minimum Gasteiger partial charge on any atom is -0.329 e. The molecule has 0 aromatic heterocycles. The van der Waals surface area contributed by atoms with Gasteiger partial charge in [0.25, 0.3) is 0 Å². The van der Waals surface area contributed by atoms with E-state index in [1.54, 1.807) is 0 Å². The fraction of sp³-hybridized carbons (Fsp3) is 1.00. The molecule has 1 rings (SSSR count). The molecule has 2 nitrogen and oxygen atoms in total. The molecular weight excluding hydrogens is 136 g/mol. The second-order valence-corrected chi connectivity index (χ2v) is 3.78. The third-order valence-electron chi connectivity index (χ3n) is 2.60. The second-order valence-electron chi connectivity index (χ2n) is 3.78. The van der Waals surface area contributed by atoms with E-state index >= 15 is 0 Å². The molecule has 2 N–H and O–H groups in total. The number of nitrogens with two attached hydrogens (primary N) is 1. The largest absolute Gasteiger partial charge is 0.329 e. The first-order chi connectivity index (χ1) is 5.25. The first-order valence-corrected chi connectivity index (χ1v) is 4.70. The molecule has 2 heteroatoms. The van der Waals surface area contributed by atoms with Crippen LogP contribution in [-0.2, 0) is 0 Å². The Hall–Kier alpha value is -0.0800. The minimum absolute atomic E-state index is 0.795. The van der Waals surface area contributed by atoms with Crippen LogP contribution in [0.4, 0.5) is 0 Å². The van der Waals surface area contributed by atoms with Crippen LogP contribution in [0.2, 0.25) is 0 Å². The van der Waals surface area contributed by atoms with Gasteiger partial charge in [0.15, 0.2) is 0 Å². The van der Waals surface area contributed by atoms with Crippen LogP contribution >= 0.6 is 0 Å². The van der Waals surface area contributed by atoms with Crippen molar-refractivity contribution in [3.05, 3.63) is 0 Å². The lowest BCUT2D eigenvalue weighted by Gasteiger charge is -2.26. The van der Waals surface area contributed by atoms with Gasteiger partial charge in [-0.25, -0.2) is 0 Å². The Morgan fingerprint density at radius 1 is 1.55 bits per heavy atom. The zero-order valence-corrected chi connectivity index (χ0v) is 7.71. The SMILES string of the molecule is CC(C)[C@@H]1CCCN1CCN. The van der Waals surface area contributed by atoms with E-state index < -0.39 is 0 Å². The average Bonchev–Trinajstić information content (AvgIpc) is 2.36. The molecule has 1 aliphatic heterocycles. The van der Waals surface area contributed by atoms with Crippen LogP contribution in [0.1, 0.15) is 26.7 Å². The lowest BCUT2D eigenvalue weighted by Crippen LogP contribution is -2.36. The van der Waals surface area contributed by atoms with E-state index in [1.165, 1.54) is 19.4 Å². The Bertz CT molecular complexity index is 112. The third-order valence-corrected chi connectivity index (χ3v) is 2.60. The van der Waals surface area contributed by atoms with E-state index in [9.17, 15) is 0 Å². The van der Waals surface area contributed by atoms with Gasteiger partial charge < -0.3 is 5.73 Å². The van der Waals surface area contributed by atoms with Crippen LogP contribution in [0.3, 0.4) is 0 Å². The number of rotatable bonds is 3. The third kappa shape index (κ3) is 2.17. The summed E-state index contributed by atoms with van der Waals surface area (Å²) in [4.78, 5) is 2.53. The van der Waals surface area contributed by atoms with Crippen molar-refractivity contribution in [2.45, 2.75) is 32.7 Å². The van der Waals surface area contributed by atoms with E-state index in [1.807, 2.05) is 0 Å². The molecule has 1 atom stereocenters. The fourth-order valence-corrected chi connectivity index (χ4v) is 2.05. The summed E-state index contributed by atoms with van der Waals surface area (Å²) in [6, 6.07) is 0.804. The van der Waals surface area contributed by atoms with Crippen molar-refractivity contribution in [3.8, 4) is 0 Å². The average molecular weight is 156 g/mol. The molecule has 0 bridgehead atoms. The highest BCUT2D eigenvalue weighted by molar-refractivity contribution is 4.81. The van der Waals surface area contributed by atoms with Gasteiger partial charge in [-0.05, 0) is 25.3 Å². The summed E-state index contributed by atoms with van der Waals surface area (Å²) in [5, 5.41) is 0. The summed E-state index contributed by atoms with van der Waals surface area (Å²) in [5.74, 6) is 0.795. The van der Waals surface area contributed by atoms with Gasteiger partial charge in [-0.15, -0.1) is 0 Å². The minimum atomic E-state index is 0.795. The molecule has 0 radical (unpaired) electrons. The highest BCUT2D eigenvalue weighted by Crippen LogP contribution is 2.22. The summed E-state index contributed by atoms with van der Waals surface area (Å²) in [6.45, 7) is 7.77. The lowest BCUT2D eigenvalue weighted by molar-refractivity contribution is 0.212. The zero-order valence-electron chi connectivity index (χ0n) is 7.71. The molecule has 1 aliphatic rings. The highest BCUT2D eigenvalue weighted by atomic mass is 15.2. The Morgan fingerprint density at radius 2 is 2.27 bits per heavy atom. The van der Waals surface area contributed by atoms with Crippen molar-refractivity contribution >= 4 is 0 Å². The van der Waals surface area contributed by atoms with E-state index in [0.29, 0.717) is 0 Å². The van der Waals surface area contributed by atoms with Crippen molar-refractivity contribution in [1.29, 1.82) is 0 Å². The maximum absolute atomic E-state index is 5.53. The van der Waals surface area contributed by atoms with Crippen molar-refractivity contribution in [2.24, 2.45) is 11.7 Å². The van der Waals surface area contributed by atoms with Crippen molar-refractivity contribution < 1.29 is 0 Å². The summed E-state index contributed by atoms with van der Waals surface area (Å²) in [5.41, 5.74) is 5.53. The number of nitrogens with zero attached hydrogens (tertiary/aromatic N) is 1. The van der Waals surface area contributed by atoms with Crippen LogP contribution in [-0.4, -0.2) is 30.6 Å². The van der Waals surface area contributed by atoms with Crippen LogP contribution < -0.4 is 5.73 Å². The molecule has 0 aromatic rings. The van der Waals surface area contributed by atoms with Gasteiger partial charge in [0.1, 0.15) is 0 Å². The number of hydrogen-bond donors (Lipinski definition) is 1. The molecular formula is C9H20N2. The van der Waals surface area contributed by atoms with Gasteiger partial charge in [0, 0.05) is 19.1 Å². The molecule has 1 heterocycles. The molecule has 0 unspecified atom stereocenters. The van der Waals surface area contributed by atoms with E-state index in [2.05, 4.69) is 18.7 Å². The molecule has 0 saturated carbocycles. The maximum atomic E-state index is 5.53. The molecule has 0 aromatic carbocycles. The Balaban J connectivity index is 2.37. The van der Waals surface area contributed by atoms with Gasteiger partial charge in [-0.1, -0.05) is 13.8 Å². The predicted molar refractivity (Wildman–Crippen MR) is 48.5 cm³/mol. The Morgan fingerprint density at radius 3 is 2.82 bits per heavy atom. The fourth-order valence-electron chi connectivity index (χ4n) is 2.05. The standard InChI is InChI=1S/C9H20N2/c1-8(2)9-4-3-6-11(9)7-5-10/h8-9H,3-7,10H2,1-2H3/t9-/m0/s1. The quantitative estimate of drug-likeness (QED) is 0.662. The molecule has 0 spiro atoms. The molecule has 11 heavy (non-hydrogen) atoms. The normalized spacial score (nSPS) is 26.7. The maximum Gasteiger partial charge on any atom is 0.0119 e. The zero-order chi connectivity index (χ0) is 8.27. The van der Waals surface area contributed by atoms with E-state index in [0.717, 1.165) is 25.0 Å². The predicted octanol–water partition coefficient (Wildman–Crippen LogP) is 1.07. The number of likely N-dealkylation sites (tertiary alicyclic amines) is 1. The molecule has 1 saturated heterocycles. The summed E-state index contributed by atoms with van der Waals surface area (Å²) < 4.78 is 0. The molecule has 0 aliphatic carbocycles. The van der Waals surface area contributed by atoms with Gasteiger partial charge in [-0.2, -0.15) is 0 Å². The second kappa shape index (κ2) is 4.07. The topological polar surface area (TPSA) is 29.3 Å². The summed E-state index contributed by atoms with van der Waals surface area (Å²) in [7, 11) is 0. The molecule has 1 fully saturated rings. The van der Waals surface area contributed by atoms with E-state index in [4.69, 9.17) is 5.73 Å². The van der Waals surface area contributed by atoms with Gasteiger partial charge in [-0.3, -0.25) is 4.90 Å². The van der Waals surface area contributed by atoms with Crippen molar-refractivity contribution in [1.82, 2.24) is 4.90 Å². The first-order valence-electron chi connectivity index (χ1n) is 4.70. The van der Waals surface area contributed by atoms with Gasteiger partial charge in [0.05, 0.1) is 0 Å². The summed E-state index contributed by atoms with van der Waals surface area (Å²) >= 11 is 0. The van der Waals surface area contributed by atoms with Crippen LogP contribution in [0.5, 0.6) is 0 Å². The van der Waals surface area contributed by atoms with Crippen LogP contribution in [0, 0.1) is 5.92 Å². The van der Waals surface area contributed by atoms with Crippen molar-refractivity contribution in [2.75, 3.05) is 19.6 Å². The molecule has 0 amide bonds.